The van der Waals surface area contributed by atoms with Crippen molar-refractivity contribution in [2.24, 2.45) is 5.92 Å². The van der Waals surface area contributed by atoms with Crippen LogP contribution in [0.3, 0.4) is 0 Å². The summed E-state index contributed by atoms with van der Waals surface area (Å²) in [6, 6.07) is 24.1. The molecule has 3 aromatic carbocycles. The number of hydrogen-bond acceptors (Lipinski definition) is 5. The number of carbonyl (C=O) groups excluding carboxylic acids is 1. The van der Waals surface area contributed by atoms with Gasteiger partial charge in [0.05, 0.1) is 0 Å². The number of ether oxygens (including phenoxy) is 1. The topological polar surface area (TPSA) is 82.8 Å². The van der Waals surface area contributed by atoms with Crippen LogP contribution in [-0.2, 0) is 20.8 Å². The zero-order valence-corrected chi connectivity index (χ0v) is 23.0. The Hall–Kier alpha value is -3.68. The highest BCUT2D eigenvalue weighted by Crippen LogP contribution is 2.29. The van der Waals surface area contributed by atoms with Crippen molar-refractivity contribution < 1.29 is 22.7 Å². The molecule has 38 heavy (non-hydrogen) atoms. The molecule has 0 N–H and O–H groups in total. The van der Waals surface area contributed by atoms with Gasteiger partial charge >= 0.3 is 5.97 Å². The van der Waals surface area contributed by atoms with Crippen LogP contribution in [0.4, 0.5) is 5.69 Å². The van der Waals surface area contributed by atoms with Crippen molar-refractivity contribution in [2.45, 2.75) is 46.3 Å². The number of benzene rings is 3. The Labute approximate surface area is 226 Å². The van der Waals surface area contributed by atoms with Crippen molar-refractivity contribution >= 4 is 46.0 Å². The third-order valence-electron chi connectivity index (χ3n) is 5.94. The van der Waals surface area contributed by atoms with Crippen LogP contribution in [0.15, 0.2) is 83.3 Å². The van der Waals surface area contributed by atoms with E-state index in [2.05, 4.69) is 0 Å². The van der Waals surface area contributed by atoms with E-state index < -0.39 is 28.9 Å². The molecule has 0 fully saturated rings. The average molecular weight is 531 g/mol. The summed E-state index contributed by atoms with van der Waals surface area (Å²) in [6.45, 7) is 8.88. The fourth-order valence-electron chi connectivity index (χ4n) is 4.19. The highest BCUT2D eigenvalue weighted by atomic mass is 32.2. The molecule has 0 aliphatic carbocycles. The number of esters is 1. The first-order valence-corrected chi connectivity index (χ1v) is 13.5. The van der Waals surface area contributed by atoms with Crippen LogP contribution in [0.25, 0.3) is 34.2 Å². The summed E-state index contributed by atoms with van der Waals surface area (Å²) < 4.78 is 36.9. The van der Waals surface area contributed by atoms with Gasteiger partial charge in [0.25, 0.3) is 0 Å². The van der Waals surface area contributed by atoms with E-state index in [0.717, 1.165) is 37.7 Å². The van der Waals surface area contributed by atoms with Gasteiger partial charge in [-0.15, -0.1) is 0 Å². The summed E-state index contributed by atoms with van der Waals surface area (Å²) in [5.41, 5.74) is 3.47. The first-order chi connectivity index (χ1) is 18.0. The summed E-state index contributed by atoms with van der Waals surface area (Å²) in [7, 11) is 0. The quantitative estimate of drug-likeness (QED) is 0.177. The molecular formula is C31H32NO5S-. The molecule has 0 saturated heterocycles. The molecule has 0 bridgehead atoms. The third-order valence-corrected chi connectivity index (χ3v) is 6.70. The van der Waals surface area contributed by atoms with Crippen molar-refractivity contribution in [1.29, 1.82) is 0 Å². The molecule has 2 atom stereocenters. The van der Waals surface area contributed by atoms with Crippen molar-refractivity contribution in [1.82, 2.24) is 0 Å². The van der Waals surface area contributed by atoms with E-state index in [1.807, 2.05) is 78.9 Å². The second kappa shape index (κ2) is 11.4. The van der Waals surface area contributed by atoms with E-state index in [-0.39, 0.29) is 5.92 Å². The number of rotatable bonds is 8. The van der Waals surface area contributed by atoms with E-state index in [0.29, 0.717) is 5.69 Å². The lowest BCUT2D eigenvalue weighted by Crippen LogP contribution is -2.48. The summed E-state index contributed by atoms with van der Waals surface area (Å²) in [4.78, 5) is 12.9. The number of nitrogens with zero attached hydrogens (tertiary/aromatic N) is 1. The van der Waals surface area contributed by atoms with Crippen molar-refractivity contribution in [3.63, 3.8) is 0 Å². The first kappa shape index (κ1) is 27.4. The van der Waals surface area contributed by atoms with Crippen LogP contribution in [0, 0.1) is 5.92 Å². The molecule has 0 radical (unpaired) electrons. The molecular weight excluding hydrogens is 498 g/mol. The normalized spacial score (nSPS) is 13.7. The smallest absolute Gasteiger partial charge is 0.330 e. The predicted octanol–water partition coefficient (Wildman–Crippen LogP) is 7.24. The van der Waals surface area contributed by atoms with E-state index in [1.54, 1.807) is 46.8 Å². The number of hydrogen-bond donors (Lipinski definition) is 0. The molecule has 6 nitrogen and oxygen atoms in total. The van der Waals surface area contributed by atoms with Gasteiger partial charge in [0, 0.05) is 22.3 Å². The van der Waals surface area contributed by atoms with Crippen molar-refractivity contribution in [2.75, 3.05) is 4.31 Å². The van der Waals surface area contributed by atoms with Crippen LogP contribution in [-0.4, -0.2) is 26.4 Å². The maximum atomic E-state index is 12.9. The number of carbonyl (C=O) groups is 1. The largest absolute Gasteiger partial charge is 0.755 e. The Kier molecular flexibility index (Phi) is 8.19. The molecule has 0 aliphatic heterocycles. The molecule has 4 aromatic rings. The van der Waals surface area contributed by atoms with Gasteiger partial charge in [-0.1, -0.05) is 74.5 Å². The van der Waals surface area contributed by atoms with Gasteiger partial charge in [0.15, 0.2) is 0 Å². The predicted molar refractivity (Wildman–Crippen MR) is 153 cm³/mol. The maximum Gasteiger partial charge on any atom is 0.330 e. The van der Waals surface area contributed by atoms with Crippen LogP contribution < -0.4 is 4.31 Å². The molecule has 4 rings (SSSR count). The SMILES string of the molecule is CC(C)C(C(=O)OC(C)(C)C)N(c1ccc(-c2ccc(C=Cc3cc4ccccc4o3)cc2)cc1)S(=O)[O-]. The average Bonchev–Trinajstić information content (AvgIpc) is 3.28. The van der Waals surface area contributed by atoms with Crippen molar-refractivity contribution in [3.05, 3.63) is 90.2 Å². The monoisotopic (exact) mass is 530 g/mol. The number of anilines is 1. The van der Waals surface area contributed by atoms with Gasteiger partial charge in [-0.05, 0) is 73.7 Å². The lowest BCUT2D eigenvalue weighted by Gasteiger charge is -2.36. The van der Waals surface area contributed by atoms with Crippen LogP contribution in [0.5, 0.6) is 0 Å². The molecule has 0 amide bonds. The lowest BCUT2D eigenvalue weighted by molar-refractivity contribution is -0.157. The maximum absolute atomic E-state index is 12.9. The zero-order chi connectivity index (χ0) is 27.4. The minimum Gasteiger partial charge on any atom is -0.755 e. The third kappa shape index (κ3) is 6.60. The number of para-hydroxylation sites is 1. The number of furan rings is 1. The fraction of sp³-hybridized carbons (Fsp3) is 0.258. The Morgan fingerprint density at radius 1 is 0.947 bits per heavy atom. The Morgan fingerprint density at radius 2 is 1.55 bits per heavy atom. The van der Waals surface area contributed by atoms with Crippen LogP contribution >= 0.6 is 0 Å². The molecule has 1 aromatic heterocycles. The fourth-order valence-corrected chi connectivity index (χ4v) is 5.00. The summed E-state index contributed by atoms with van der Waals surface area (Å²) >= 11 is -2.66. The second-order valence-corrected chi connectivity index (χ2v) is 11.3. The van der Waals surface area contributed by atoms with E-state index in [4.69, 9.17) is 9.15 Å². The second-order valence-electron chi connectivity index (χ2n) is 10.5. The molecule has 0 spiro atoms. The molecule has 198 valence electrons. The highest BCUT2D eigenvalue weighted by Gasteiger charge is 2.34. The summed E-state index contributed by atoms with van der Waals surface area (Å²) in [6.07, 6.45) is 3.94. The molecule has 7 heteroatoms. The van der Waals surface area contributed by atoms with Gasteiger partial charge in [-0.3, -0.25) is 8.51 Å². The van der Waals surface area contributed by atoms with Gasteiger partial charge in [-0.25, -0.2) is 4.79 Å². The Bertz CT molecular complexity index is 1410. The molecule has 0 saturated carbocycles. The summed E-state index contributed by atoms with van der Waals surface area (Å²) in [5, 5.41) is 1.07. The van der Waals surface area contributed by atoms with Gasteiger partial charge in [0.2, 0.25) is 0 Å². The first-order valence-electron chi connectivity index (χ1n) is 12.5. The Balaban J connectivity index is 1.51. The van der Waals surface area contributed by atoms with Gasteiger partial charge in [0.1, 0.15) is 23.0 Å². The zero-order valence-electron chi connectivity index (χ0n) is 22.2. The standard InChI is InChI=1S/C31H33NO5S/c1-21(2)29(30(33)37-31(3,4)5)32(38(34)35)26-17-15-24(16-18-26)23-13-10-22(11-14-23)12-19-27-20-25-8-6-7-9-28(25)36-27/h6-21,29H,1-5H3,(H,34,35)/p-1. The minimum atomic E-state index is -2.66. The van der Waals surface area contributed by atoms with Crippen LogP contribution in [0.2, 0.25) is 0 Å². The van der Waals surface area contributed by atoms with Gasteiger partial charge < -0.3 is 13.7 Å². The van der Waals surface area contributed by atoms with E-state index in [1.165, 1.54) is 0 Å². The minimum absolute atomic E-state index is 0.289. The molecule has 1 heterocycles. The van der Waals surface area contributed by atoms with Crippen LogP contribution in [0.1, 0.15) is 45.9 Å². The van der Waals surface area contributed by atoms with Crippen molar-refractivity contribution in [3.8, 4) is 11.1 Å². The van der Waals surface area contributed by atoms with E-state index in [9.17, 15) is 13.6 Å². The molecule has 2 unspecified atom stereocenters. The van der Waals surface area contributed by atoms with E-state index >= 15 is 0 Å². The molecule has 0 aliphatic rings. The Morgan fingerprint density at radius 3 is 2.11 bits per heavy atom. The van der Waals surface area contributed by atoms with Gasteiger partial charge in [-0.2, -0.15) is 0 Å². The number of fused-ring (bicyclic) bond motifs is 1. The lowest BCUT2D eigenvalue weighted by atomic mass is 10.0. The highest BCUT2D eigenvalue weighted by molar-refractivity contribution is 7.80. The summed E-state index contributed by atoms with van der Waals surface area (Å²) in [5.74, 6) is -0.0769.